The van der Waals surface area contributed by atoms with Crippen LogP contribution in [0, 0.1) is 0 Å². The van der Waals surface area contributed by atoms with Crippen LogP contribution < -0.4 is 4.90 Å². The minimum atomic E-state index is -0.521. The van der Waals surface area contributed by atoms with Crippen LogP contribution in [-0.4, -0.2) is 11.7 Å². The van der Waals surface area contributed by atoms with E-state index < -0.39 is 11.7 Å². The first-order valence-electron chi connectivity index (χ1n) is 5.14. The van der Waals surface area contributed by atoms with Gasteiger partial charge in [0.15, 0.2) is 0 Å². The standard InChI is InChI=1S/C12H16BrNO2S/c1-8(2)14(9-6-7-17-10(9)13)11(15)16-12(3,4)5/h6-7H,1H2,2-5H3. The molecule has 0 aromatic carbocycles. The zero-order chi connectivity index (χ0) is 13.2. The molecule has 3 nitrogen and oxygen atoms in total. The molecule has 5 heteroatoms. The van der Waals surface area contributed by atoms with Crippen LogP contribution in [0.25, 0.3) is 0 Å². The summed E-state index contributed by atoms with van der Waals surface area (Å²) in [4.78, 5) is 13.5. The smallest absolute Gasteiger partial charge is 0.419 e. The van der Waals surface area contributed by atoms with Gasteiger partial charge in [0, 0.05) is 5.70 Å². The first-order valence-corrected chi connectivity index (χ1v) is 6.81. The molecule has 0 fully saturated rings. The van der Waals surface area contributed by atoms with Crippen LogP contribution in [0.15, 0.2) is 27.5 Å². The highest BCUT2D eigenvalue weighted by atomic mass is 79.9. The summed E-state index contributed by atoms with van der Waals surface area (Å²) < 4.78 is 6.23. The molecule has 0 saturated carbocycles. The quantitative estimate of drug-likeness (QED) is 0.785. The van der Waals surface area contributed by atoms with Crippen molar-refractivity contribution in [2.45, 2.75) is 33.3 Å². The monoisotopic (exact) mass is 317 g/mol. The topological polar surface area (TPSA) is 29.5 Å². The van der Waals surface area contributed by atoms with E-state index in [4.69, 9.17) is 4.74 Å². The number of ether oxygens (including phenoxy) is 1. The zero-order valence-corrected chi connectivity index (χ0v) is 12.8. The van der Waals surface area contributed by atoms with Crippen LogP contribution in [0.4, 0.5) is 10.5 Å². The molecule has 0 unspecified atom stereocenters. The summed E-state index contributed by atoms with van der Waals surface area (Å²) in [5.74, 6) is 0. The van der Waals surface area contributed by atoms with Gasteiger partial charge in [-0.2, -0.15) is 0 Å². The second-order valence-electron chi connectivity index (χ2n) is 4.63. The summed E-state index contributed by atoms with van der Waals surface area (Å²) in [6.45, 7) is 11.1. The van der Waals surface area contributed by atoms with Crippen molar-refractivity contribution < 1.29 is 9.53 Å². The molecule has 0 atom stereocenters. The molecule has 0 radical (unpaired) electrons. The van der Waals surface area contributed by atoms with E-state index in [0.29, 0.717) is 5.70 Å². The maximum absolute atomic E-state index is 12.1. The summed E-state index contributed by atoms with van der Waals surface area (Å²) in [7, 11) is 0. The minimum Gasteiger partial charge on any atom is -0.443 e. The third-order valence-corrected chi connectivity index (χ3v) is 3.45. The lowest BCUT2D eigenvalue weighted by molar-refractivity contribution is 0.0592. The van der Waals surface area contributed by atoms with Crippen LogP contribution >= 0.6 is 27.3 Å². The molecule has 1 rings (SSSR count). The number of thiophene rings is 1. The predicted molar refractivity (Wildman–Crippen MR) is 75.5 cm³/mol. The second-order valence-corrected chi connectivity index (χ2v) is 6.86. The van der Waals surface area contributed by atoms with Crippen molar-refractivity contribution in [3.63, 3.8) is 0 Å². The molecule has 1 aromatic rings. The van der Waals surface area contributed by atoms with Gasteiger partial charge in [-0.15, -0.1) is 11.3 Å². The predicted octanol–water partition coefficient (Wildman–Crippen LogP) is 4.79. The summed E-state index contributed by atoms with van der Waals surface area (Å²) >= 11 is 4.92. The molecule has 0 aliphatic heterocycles. The molecule has 94 valence electrons. The fourth-order valence-corrected chi connectivity index (χ4v) is 2.44. The number of carbonyl (C=O) groups is 1. The Bertz CT molecular complexity index is 434. The summed E-state index contributed by atoms with van der Waals surface area (Å²) in [6.07, 6.45) is -0.413. The van der Waals surface area contributed by atoms with Crippen LogP contribution in [0.5, 0.6) is 0 Å². The Morgan fingerprint density at radius 3 is 2.47 bits per heavy atom. The van der Waals surface area contributed by atoms with Crippen LogP contribution in [-0.2, 0) is 4.74 Å². The molecule has 0 N–H and O–H groups in total. The molecule has 0 aliphatic carbocycles. The van der Waals surface area contributed by atoms with Crippen molar-refractivity contribution >= 4 is 39.0 Å². The zero-order valence-electron chi connectivity index (χ0n) is 10.4. The minimum absolute atomic E-state index is 0.413. The van der Waals surface area contributed by atoms with Crippen molar-refractivity contribution in [3.05, 3.63) is 27.5 Å². The van der Waals surface area contributed by atoms with Gasteiger partial charge in [-0.05, 0) is 55.1 Å². The van der Waals surface area contributed by atoms with Crippen LogP contribution in [0.1, 0.15) is 27.7 Å². The average molecular weight is 318 g/mol. The van der Waals surface area contributed by atoms with Gasteiger partial charge in [0.1, 0.15) is 5.60 Å². The summed E-state index contributed by atoms with van der Waals surface area (Å²) in [5, 5.41) is 1.90. The normalized spacial score (nSPS) is 11.1. The Morgan fingerprint density at radius 1 is 1.53 bits per heavy atom. The number of rotatable bonds is 2. The van der Waals surface area contributed by atoms with Gasteiger partial charge in [0.05, 0.1) is 9.47 Å². The number of hydrogen-bond acceptors (Lipinski definition) is 3. The van der Waals surface area contributed by atoms with Gasteiger partial charge in [0.25, 0.3) is 0 Å². The number of halogens is 1. The Morgan fingerprint density at radius 2 is 2.12 bits per heavy atom. The number of hydrogen-bond donors (Lipinski definition) is 0. The van der Waals surface area contributed by atoms with Crippen molar-refractivity contribution in [3.8, 4) is 0 Å². The van der Waals surface area contributed by atoms with Gasteiger partial charge < -0.3 is 4.74 Å². The first-order chi connectivity index (χ1) is 7.72. The number of amides is 1. The Labute approximate surface area is 114 Å². The first kappa shape index (κ1) is 14.3. The highest BCUT2D eigenvalue weighted by Gasteiger charge is 2.25. The molecule has 1 aromatic heterocycles. The Balaban J connectivity index is 3.00. The van der Waals surface area contributed by atoms with Gasteiger partial charge in [-0.3, -0.25) is 0 Å². The largest absolute Gasteiger partial charge is 0.443 e. The highest BCUT2D eigenvalue weighted by Crippen LogP contribution is 2.34. The van der Waals surface area contributed by atoms with E-state index in [2.05, 4.69) is 22.5 Å². The van der Waals surface area contributed by atoms with Crippen molar-refractivity contribution in [2.24, 2.45) is 0 Å². The fourth-order valence-electron chi connectivity index (χ4n) is 1.21. The van der Waals surface area contributed by atoms with E-state index in [9.17, 15) is 4.79 Å². The van der Waals surface area contributed by atoms with E-state index in [1.54, 1.807) is 6.92 Å². The number of allylic oxidation sites excluding steroid dienone is 1. The SMILES string of the molecule is C=C(C)N(C(=O)OC(C)(C)C)c1ccsc1Br. The maximum Gasteiger partial charge on any atom is 0.419 e. The molecular formula is C12H16BrNO2S. The van der Waals surface area contributed by atoms with E-state index in [0.717, 1.165) is 9.47 Å². The molecule has 1 amide bonds. The lowest BCUT2D eigenvalue weighted by atomic mass is 10.2. The van der Waals surface area contributed by atoms with Gasteiger partial charge in [0.2, 0.25) is 0 Å². The van der Waals surface area contributed by atoms with Gasteiger partial charge in [-0.25, -0.2) is 9.69 Å². The van der Waals surface area contributed by atoms with Gasteiger partial charge in [-0.1, -0.05) is 6.58 Å². The van der Waals surface area contributed by atoms with E-state index in [1.807, 2.05) is 32.2 Å². The molecule has 0 spiro atoms. The molecule has 1 heterocycles. The van der Waals surface area contributed by atoms with Crippen LogP contribution in [0.3, 0.4) is 0 Å². The maximum atomic E-state index is 12.1. The molecular weight excluding hydrogens is 302 g/mol. The number of anilines is 1. The highest BCUT2D eigenvalue weighted by molar-refractivity contribution is 9.11. The Hall–Kier alpha value is -0.810. The molecule has 17 heavy (non-hydrogen) atoms. The van der Waals surface area contributed by atoms with E-state index in [1.165, 1.54) is 16.2 Å². The van der Waals surface area contributed by atoms with E-state index in [-0.39, 0.29) is 0 Å². The third-order valence-electron chi connectivity index (χ3n) is 1.80. The van der Waals surface area contributed by atoms with Gasteiger partial charge >= 0.3 is 6.09 Å². The Kier molecular flexibility index (Phi) is 4.38. The second kappa shape index (κ2) is 5.23. The third kappa shape index (κ3) is 3.85. The number of nitrogens with zero attached hydrogens (tertiary/aromatic N) is 1. The average Bonchev–Trinajstić information content (AvgIpc) is 2.48. The lowest BCUT2D eigenvalue weighted by Crippen LogP contribution is -2.35. The van der Waals surface area contributed by atoms with E-state index >= 15 is 0 Å². The lowest BCUT2D eigenvalue weighted by Gasteiger charge is -2.27. The fraction of sp³-hybridized carbons (Fsp3) is 0.417. The number of carbonyl (C=O) groups excluding carboxylic acids is 1. The van der Waals surface area contributed by atoms with Crippen molar-refractivity contribution in [1.82, 2.24) is 0 Å². The molecule has 0 saturated heterocycles. The van der Waals surface area contributed by atoms with Crippen molar-refractivity contribution in [2.75, 3.05) is 4.90 Å². The molecule has 0 aliphatic rings. The summed E-state index contributed by atoms with van der Waals surface area (Å²) in [5.41, 5.74) is 0.864. The van der Waals surface area contributed by atoms with Crippen molar-refractivity contribution in [1.29, 1.82) is 0 Å². The van der Waals surface area contributed by atoms with Crippen LogP contribution in [0.2, 0.25) is 0 Å². The summed E-state index contributed by atoms with van der Waals surface area (Å²) in [6, 6.07) is 1.85. The molecule has 0 bridgehead atoms.